The van der Waals surface area contributed by atoms with Crippen LogP contribution < -0.4 is 10.6 Å². The van der Waals surface area contributed by atoms with Gasteiger partial charge in [-0.05, 0) is 18.5 Å². The maximum Gasteiger partial charge on any atom is 0.340 e. The van der Waals surface area contributed by atoms with Crippen LogP contribution in [0.15, 0.2) is 0 Å². The average molecular weight is 287 g/mol. The monoisotopic (exact) mass is 287 g/mol. The fourth-order valence-corrected chi connectivity index (χ4v) is 2.23. The Morgan fingerprint density at radius 2 is 2.16 bits per heavy atom. The van der Waals surface area contributed by atoms with Crippen molar-refractivity contribution in [1.29, 1.82) is 0 Å². The highest BCUT2D eigenvalue weighted by molar-refractivity contribution is 7.10. The van der Waals surface area contributed by atoms with E-state index in [2.05, 4.69) is 15.0 Å². The number of hydrogen-bond donors (Lipinski definition) is 3. The number of ether oxygens (including phenoxy) is 1. The van der Waals surface area contributed by atoms with Crippen LogP contribution in [0.5, 0.6) is 0 Å². The Hall–Kier alpha value is -1.67. The molecule has 0 aromatic carbocycles. The molecule has 19 heavy (non-hydrogen) atoms. The van der Waals surface area contributed by atoms with E-state index in [1.165, 1.54) is 0 Å². The summed E-state index contributed by atoms with van der Waals surface area (Å²) in [6.07, 6.45) is 0.264. The molecule has 1 aromatic heterocycles. The van der Waals surface area contributed by atoms with Gasteiger partial charge in [0.05, 0.1) is 12.3 Å². The van der Waals surface area contributed by atoms with Gasteiger partial charge in [-0.1, -0.05) is 0 Å². The minimum Gasteiger partial charge on any atom is -0.478 e. The van der Waals surface area contributed by atoms with Crippen LogP contribution in [0.25, 0.3) is 0 Å². The number of carbonyl (C=O) groups is 2. The number of rotatable bonds is 8. The number of anilines is 1. The lowest BCUT2D eigenvalue weighted by Crippen LogP contribution is -2.28. The van der Waals surface area contributed by atoms with Gasteiger partial charge >= 0.3 is 5.97 Å². The third-order valence-electron chi connectivity index (χ3n) is 2.34. The summed E-state index contributed by atoms with van der Waals surface area (Å²) in [7, 11) is 1.56. The maximum atomic E-state index is 11.4. The van der Waals surface area contributed by atoms with Crippen molar-refractivity contribution in [3.8, 4) is 0 Å². The Morgan fingerprint density at radius 3 is 2.79 bits per heavy atom. The van der Waals surface area contributed by atoms with Gasteiger partial charge in [0.2, 0.25) is 5.91 Å². The Kier molecular flexibility index (Phi) is 6.23. The van der Waals surface area contributed by atoms with Crippen LogP contribution in [0.1, 0.15) is 22.5 Å². The predicted octanol–water partition coefficient (Wildman–Crippen LogP) is 0.714. The molecule has 106 valence electrons. The van der Waals surface area contributed by atoms with E-state index in [-0.39, 0.29) is 17.9 Å². The molecule has 0 saturated heterocycles. The number of carbonyl (C=O) groups excluding carboxylic acids is 1. The molecule has 0 aliphatic carbocycles. The zero-order chi connectivity index (χ0) is 14.3. The van der Waals surface area contributed by atoms with Gasteiger partial charge in [-0.2, -0.15) is 4.37 Å². The quantitative estimate of drug-likeness (QED) is 0.609. The third kappa shape index (κ3) is 4.84. The van der Waals surface area contributed by atoms with E-state index in [0.717, 1.165) is 11.5 Å². The third-order valence-corrected chi connectivity index (χ3v) is 3.24. The molecule has 0 aliphatic rings. The summed E-state index contributed by atoms with van der Waals surface area (Å²) < 4.78 is 8.79. The van der Waals surface area contributed by atoms with E-state index in [0.29, 0.717) is 30.4 Å². The molecule has 1 rings (SSSR count). The number of carboxylic acid groups (broad SMARTS) is 1. The number of hydrogen-bond acceptors (Lipinski definition) is 6. The molecule has 7 nitrogen and oxygen atoms in total. The van der Waals surface area contributed by atoms with E-state index < -0.39 is 5.97 Å². The number of nitrogens with zero attached hydrogens (tertiary/aromatic N) is 1. The van der Waals surface area contributed by atoms with Crippen molar-refractivity contribution in [2.75, 3.05) is 32.1 Å². The van der Waals surface area contributed by atoms with E-state index in [4.69, 9.17) is 9.84 Å². The van der Waals surface area contributed by atoms with Crippen LogP contribution in [-0.2, 0) is 9.53 Å². The van der Waals surface area contributed by atoms with Crippen LogP contribution in [0, 0.1) is 6.92 Å². The number of aromatic carboxylic acids is 1. The highest BCUT2D eigenvalue weighted by atomic mass is 32.1. The van der Waals surface area contributed by atoms with Crippen molar-refractivity contribution >= 4 is 28.4 Å². The molecular formula is C11H17N3O4S. The second-order valence-electron chi connectivity index (χ2n) is 3.80. The van der Waals surface area contributed by atoms with Crippen LogP contribution in [0.2, 0.25) is 0 Å². The first-order valence-corrected chi connectivity index (χ1v) is 6.52. The summed E-state index contributed by atoms with van der Waals surface area (Å²) in [6.45, 7) is 2.94. The van der Waals surface area contributed by atoms with Crippen molar-refractivity contribution in [2.45, 2.75) is 13.3 Å². The van der Waals surface area contributed by atoms with Gasteiger partial charge < -0.3 is 20.5 Å². The topological polar surface area (TPSA) is 101 Å². The number of amides is 1. The Balaban J connectivity index is 2.37. The lowest BCUT2D eigenvalue weighted by atomic mass is 10.2. The summed E-state index contributed by atoms with van der Waals surface area (Å²) >= 11 is 1.08. The normalized spacial score (nSPS) is 10.2. The molecule has 0 aliphatic heterocycles. The second kappa shape index (κ2) is 7.70. The zero-order valence-corrected chi connectivity index (χ0v) is 11.7. The minimum atomic E-state index is -1.02. The van der Waals surface area contributed by atoms with Crippen LogP contribution in [0.3, 0.4) is 0 Å². The Labute approximate surface area is 115 Å². The van der Waals surface area contributed by atoms with E-state index in [1.807, 2.05) is 0 Å². The van der Waals surface area contributed by atoms with Gasteiger partial charge in [0.25, 0.3) is 0 Å². The standard InChI is InChI=1S/C11H17N3O4S/c1-7-9(11(16)17)10(19-14-7)13-4-3-8(15)12-5-6-18-2/h13H,3-6H2,1-2H3,(H,12,15)(H,16,17). The smallest absolute Gasteiger partial charge is 0.340 e. The molecule has 1 aromatic rings. The summed E-state index contributed by atoms with van der Waals surface area (Å²) in [4.78, 5) is 22.4. The molecule has 0 atom stereocenters. The molecule has 3 N–H and O–H groups in total. The number of nitrogens with one attached hydrogen (secondary N) is 2. The summed E-state index contributed by atoms with van der Waals surface area (Å²) in [5.41, 5.74) is 0.648. The first kappa shape index (κ1) is 15.4. The summed E-state index contributed by atoms with van der Waals surface area (Å²) in [6, 6.07) is 0. The molecule has 1 amide bonds. The van der Waals surface area contributed by atoms with Gasteiger partial charge in [0.1, 0.15) is 10.6 Å². The van der Waals surface area contributed by atoms with E-state index in [1.54, 1.807) is 14.0 Å². The number of carboxylic acids is 1. The van der Waals surface area contributed by atoms with Crippen LogP contribution in [-0.4, -0.2) is 48.2 Å². The fraction of sp³-hybridized carbons (Fsp3) is 0.545. The first-order valence-electron chi connectivity index (χ1n) is 5.75. The van der Waals surface area contributed by atoms with Crippen molar-refractivity contribution in [3.05, 3.63) is 11.3 Å². The van der Waals surface area contributed by atoms with Gasteiger partial charge in [0.15, 0.2) is 0 Å². The largest absolute Gasteiger partial charge is 0.478 e. The van der Waals surface area contributed by atoms with Gasteiger partial charge in [-0.15, -0.1) is 0 Å². The highest BCUT2D eigenvalue weighted by Crippen LogP contribution is 2.24. The first-order chi connectivity index (χ1) is 9.06. The van der Waals surface area contributed by atoms with Crippen molar-refractivity contribution in [2.24, 2.45) is 0 Å². The lowest BCUT2D eigenvalue weighted by Gasteiger charge is -2.06. The summed E-state index contributed by atoms with van der Waals surface area (Å²) in [5, 5.41) is 15.1. The van der Waals surface area contributed by atoms with Crippen LogP contribution >= 0.6 is 11.5 Å². The molecular weight excluding hydrogens is 270 g/mol. The molecule has 0 saturated carbocycles. The second-order valence-corrected chi connectivity index (χ2v) is 4.57. The number of aromatic nitrogens is 1. The maximum absolute atomic E-state index is 11.4. The van der Waals surface area contributed by atoms with Gasteiger partial charge in [0, 0.05) is 26.6 Å². The number of aryl methyl sites for hydroxylation is 1. The molecule has 0 spiro atoms. The molecule has 0 radical (unpaired) electrons. The van der Waals surface area contributed by atoms with Gasteiger partial charge in [-0.3, -0.25) is 4.79 Å². The van der Waals surface area contributed by atoms with Crippen molar-refractivity contribution in [1.82, 2.24) is 9.69 Å². The lowest BCUT2D eigenvalue weighted by molar-refractivity contribution is -0.121. The predicted molar refractivity (Wildman–Crippen MR) is 71.8 cm³/mol. The van der Waals surface area contributed by atoms with E-state index in [9.17, 15) is 9.59 Å². The van der Waals surface area contributed by atoms with Gasteiger partial charge in [-0.25, -0.2) is 4.79 Å². The molecule has 0 bridgehead atoms. The molecule has 0 unspecified atom stereocenters. The zero-order valence-electron chi connectivity index (χ0n) is 10.9. The summed E-state index contributed by atoms with van der Waals surface area (Å²) in [5.74, 6) is -1.12. The molecule has 8 heteroatoms. The van der Waals surface area contributed by atoms with Crippen LogP contribution in [0.4, 0.5) is 5.00 Å². The van der Waals surface area contributed by atoms with E-state index >= 15 is 0 Å². The Bertz CT molecular complexity index is 447. The molecule has 0 fully saturated rings. The molecule has 1 heterocycles. The SMILES string of the molecule is COCCNC(=O)CCNc1snc(C)c1C(=O)O. The van der Waals surface area contributed by atoms with Crippen molar-refractivity contribution in [3.63, 3.8) is 0 Å². The van der Waals surface area contributed by atoms with Crippen molar-refractivity contribution < 1.29 is 19.4 Å². The average Bonchev–Trinajstić information content (AvgIpc) is 2.71. The minimum absolute atomic E-state index is 0.109. The fourth-order valence-electron chi connectivity index (χ4n) is 1.41. The number of methoxy groups -OCH3 is 1. The highest BCUT2D eigenvalue weighted by Gasteiger charge is 2.17. The Morgan fingerprint density at radius 1 is 1.42 bits per heavy atom.